The summed E-state index contributed by atoms with van der Waals surface area (Å²) >= 11 is 0. The molecule has 0 fully saturated rings. The van der Waals surface area contributed by atoms with Crippen LogP contribution in [0.1, 0.15) is 18.1 Å². The fraction of sp³-hybridized carbons (Fsp3) is 0.211. The number of hydrogen-bond donors (Lipinski definition) is 3. The molecular formula is C19H19FN2O2. The molecule has 0 bridgehead atoms. The number of halogens is 1. The van der Waals surface area contributed by atoms with Gasteiger partial charge in [0.25, 0.3) is 0 Å². The summed E-state index contributed by atoms with van der Waals surface area (Å²) in [5.41, 5.74) is 4.88. The van der Waals surface area contributed by atoms with Crippen LogP contribution >= 0.6 is 0 Å². The normalized spacial score (nSPS) is 12.3. The molecule has 1 aromatic heterocycles. The van der Waals surface area contributed by atoms with Gasteiger partial charge >= 0.3 is 0 Å². The first-order valence-electron chi connectivity index (χ1n) is 7.78. The second-order valence-corrected chi connectivity index (χ2v) is 5.91. The molecule has 1 amide bonds. The van der Waals surface area contributed by atoms with E-state index in [9.17, 15) is 14.3 Å². The Bertz CT molecular complexity index is 882. The topological polar surface area (TPSA) is 65.1 Å². The molecule has 3 rings (SSSR count). The molecule has 0 aliphatic heterocycles. The number of aliphatic hydroxyl groups is 1. The van der Waals surface area contributed by atoms with Crippen molar-refractivity contribution in [2.45, 2.75) is 26.5 Å². The maximum Gasteiger partial charge on any atom is 0.248 e. The number of aliphatic hydroxyl groups excluding tert-OH is 1. The molecule has 1 heterocycles. The number of aromatic nitrogens is 1. The van der Waals surface area contributed by atoms with Gasteiger partial charge in [-0.05, 0) is 66.9 Å². The van der Waals surface area contributed by atoms with Crippen molar-refractivity contribution in [1.29, 1.82) is 0 Å². The van der Waals surface area contributed by atoms with Gasteiger partial charge in [0.2, 0.25) is 5.91 Å². The first-order valence-corrected chi connectivity index (χ1v) is 7.78. The van der Waals surface area contributed by atoms with Crippen molar-refractivity contribution in [2.24, 2.45) is 0 Å². The number of fused-ring (bicyclic) bond motifs is 1. The van der Waals surface area contributed by atoms with E-state index >= 15 is 0 Å². The van der Waals surface area contributed by atoms with Crippen LogP contribution in [0.5, 0.6) is 0 Å². The maximum atomic E-state index is 13.1. The molecule has 0 saturated carbocycles. The largest absolute Gasteiger partial charge is 0.384 e. The highest BCUT2D eigenvalue weighted by atomic mass is 19.1. The molecule has 0 aliphatic carbocycles. The van der Waals surface area contributed by atoms with E-state index in [1.54, 1.807) is 12.1 Å². The van der Waals surface area contributed by atoms with E-state index < -0.39 is 12.0 Å². The molecule has 124 valence electrons. The van der Waals surface area contributed by atoms with E-state index in [-0.39, 0.29) is 5.82 Å². The minimum absolute atomic E-state index is 0.261. The zero-order valence-electron chi connectivity index (χ0n) is 13.6. The predicted molar refractivity (Wildman–Crippen MR) is 92.0 cm³/mol. The molecule has 0 unspecified atom stereocenters. The summed E-state index contributed by atoms with van der Waals surface area (Å²) in [6.45, 7) is 3.80. The summed E-state index contributed by atoms with van der Waals surface area (Å²) in [4.78, 5) is 14.8. The summed E-state index contributed by atoms with van der Waals surface area (Å²) in [7, 11) is 0. The minimum atomic E-state index is -1.02. The molecule has 0 saturated heterocycles. The molecule has 3 aromatic rings. The quantitative estimate of drug-likeness (QED) is 0.689. The smallest absolute Gasteiger partial charge is 0.248 e. The molecule has 0 radical (unpaired) electrons. The van der Waals surface area contributed by atoms with Crippen LogP contribution in [0.2, 0.25) is 0 Å². The average Bonchev–Trinajstić information content (AvgIpc) is 2.90. The van der Waals surface area contributed by atoms with Gasteiger partial charge in [-0.15, -0.1) is 0 Å². The third-order valence-electron chi connectivity index (χ3n) is 4.10. The standard InChI is InChI=1S/C19H19FN2O2/c1-11-16-9-13(10-21-19(24)12(2)23)3-8-17(16)22-18(11)14-4-6-15(20)7-5-14/h3-9,12,22-23H,10H2,1-2H3,(H,21,24)/t12-/m1/s1. The molecule has 3 N–H and O–H groups in total. The van der Waals surface area contributed by atoms with Crippen LogP contribution in [0.4, 0.5) is 4.39 Å². The average molecular weight is 326 g/mol. The van der Waals surface area contributed by atoms with Crippen molar-refractivity contribution in [3.8, 4) is 11.3 Å². The van der Waals surface area contributed by atoms with Crippen molar-refractivity contribution >= 4 is 16.8 Å². The van der Waals surface area contributed by atoms with Crippen molar-refractivity contribution in [3.63, 3.8) is 0 Å². The van der Waals surface area contributed by atoms with Gasteiger partial charge in [0, 0.05) is 23.1 Å². The Labute approximate surface area is 139 Å². The summed E-state index contributed by atoms with van der Waals surface area (Å²) in [6.07, 6.45) is -1.02. The van der Waals surface area contributed by atoms with Crippen LogP contribution in [0.15, 0.2) is 42.5 Å². The summed E-state index contributed by atoms with van der Waals surface area (Å²) in [5.74, 6) is -0.656. The second-order valence-electron chi connectivity index (χ2n) is 5.91. The number of rotatable bonds is 4. The number of amides is 1. The van der Waals surface area contributed by atoms with Gasteiger partial charge in [-0.1, -0.05) is 6.07 Å². The van der Waals surface area contributed by atoms with E-state index in [0.29, 0.717) is 6.54 Å². The van der Waals surface area contributed by atoms with Crippen LogP contribution in [-0.4, -0.2) is 22.1 Å². The third kappa shape index (κ3) is 3.16. The van der Waals surface area contributed by atoms with Crippen LogP contribution < -0.4 is 5.32 Å². The Morgan fingerprint density at radius 2 is 1.96 bits per heavy atom. The zero-order chi connectivity index (χ0) is 17.3. The number of aryl methyl sites for hydroxylation is 1. The van der Waals surface area contributed by atoms with Gasteiger partial charge in [0.1, 0.15) is 11.9 Å². The molecule has 2 aromatic carbocycles. The fourth-order valence-electron chi connectivity index (χ4n) is 2.73. The first kappa shape index (κ1) is 16.2. The SMILES string of the molecule is Cc1c(-c2ccc(F)cc2)[nH]c2ccc(CNC(=O)[C@@H](C)O)cc12. The van der Waals surface area contributed by atoms with Gasteiger partial charge < -0.3 is 15.4 Å². The van der Waals surface area contributed by atoms with Crippen molar-refractivity contribution < 1.29 is 14.3 Å². The fourth-order valence-corrected chi connectivity index (χ4v) is 2.73. The highest BCUT2D eigenvalue weighted by Gasteiger charge is 2.11. The third-order valence-corrected chi connectivity index (χ3v) is 4.10. The van der Waals surface area contributed by atoms with Gasteiger partial charge in [-0.3, -0.25) is 4.79 Å². The minimum Gasteiger partial charge on any atom is -0.384 e. The molecule has 0 aliphatic rings. The van der Waals surface area contributed by atoms with Crippen LogP contribution in [0, 0.1) is 12.7 Å². The van der Waals surface area contributed by atoms with Gasteiger partial charge in [-0.2, -0.15) is 0 Å². The first-order chi connectivity index (χ1) is 11.5. The lowest BCUT2D eigenvalue weighted by molar-refractivity contribution is -0.128. The van der Waals surface area contributed by atoms with Gasteiger partial charge in [-0.25, -0.2) is 4.39 Å². The van der Waals surface area contributed by atoms with Crippen molar-refractivity contribution in [1.82, 2.24) is 10.3 Å². The van der Waals surface area contributed by atoms with E-state index in [1.807, 2.05) is 25.1 Å². The Morgan fingerprint density at radius 1 is 1.25 bits per heavy atom. The Balaban J connectivity index is 1.91. The number of carbonyl (C=O) groups excluding carboxylic acids is 1. The number of hydrogen-bond acceptors (Lipinski definition) is 2. The van der Waals surface area contributed by atoms with Crippen molar-refractivity contribution in [3.05, 3.63) is 59.4 Å². The monoisotopic (exact) mass is 326 g/mol. The number of aromatic amines is 1. The number of carbonyl (C=O) groups is 1. The van der Waals surface area contributed by atoms with Gasteiger partial charge in [0.15, 0.2) is 0 Å². The summed E-state index contributed by atoms with van der Waals surface area (Å²) in [5, 5.41) is 13.0. The molecule has 1 atom stereocenters. The molecule has 5 heteroatoms. The van der Waals surface area contributed by atoms with E-state index in [0.717, 1.165) is 33.3 Å². The number of H-pyrrole nitrogens is 1. The Kier molecular flexibility index (Phi) is 4.36. The highest BCUT2D eigenvalue weighted by molar-refractivity contribution is 5.91. The van der Waals surface area contributed by atoms with Crippen molar-refractivity contribution in [2.75, 3.05) is 0 Å². The number of nitrogens with one attached hydrogen (secondary N) is 2. The molecular weight excluding hydrogens is 307 g/mol. The van der Waals surface area contributed by atoms with Crippen LogP contribution in [0.3, 0.4) is 0 Å². The lowest BCUT2D eigenvalue weighted by atomic mass is 10.0. The van der Waals surface area contributed by atoms with E-state index in [2.05, 4.69) is 10.3 Å². The second kappa shape index (κ2) is 6.45. The molecule has 0 spiro atoms. The summed E-state index contributed by atoms with van der Waals surface area (Å²) < 4.78 is 13.1. The highest BCUT2D eigenvalue weighted by Crippen LogP contribution is 2.30. The van der Waals surface area contributed by atoms with Crippen LogP contribution in [0.25, 0.3) is 22.2 Å². The Hall–Kier alpha value is -2.66. The Morgan fingerprint density at radius 3 is 2.62 bits per heavy atom. The number of benzene rings is 2. The zero-order valence-corrected chi connectivity index (χ0v) is 13.6. The van der Waals surface area contributed by atoms with E-state index in [1.165, 1.54) is 19.1 Å². The van der Waals surface area contributed by atoms with Crippen LogP contribution in [-0.2, 0) is 11.3 Å². The lowest BCUT2D eigenvalue weighted by Gasteiger charge is -2.07. The van der Waals surface area contributed by atoms with E-state index in [4.69, 9.17) is 0 Å². The molecule has 4 nitrogen and oxygen atoms in total. The predicted octanol–water partition coefficient (Wildman–Crippen LogP) is 3.28. The summed E-state index contributed by atoms with van der Waals surface area (Å²) in [6, 6.07) is 12.3. The van der Waals surface area contributed by atoms with Gasteiger partial charge in [0.05, 0.1) is 0 Å². The lowest BCUT2D eigenvalue weighted by Crippen LogP contribution is -2.31. The maximum absolute atomic E-state index is 13.1. The molecule has 24 heavy (non-hydrogen) atoms.